The van der Waals surface area contributed by atoms with Crippen LogP contribution >= 0.6 is 0 Å². The molecule has 0 atom stereocenters. The van der Waals surface area contributed by atoms with E-state index >= 15 is 0 Å². The first-order chi connectivity index (χ1) is 8.85. The van der Waals surface area contributed by atoms with E-state index in [-0.39, 0.29) is 5.88 Å². The quantitative estimate of drug-likeness (QED) is 0.757. The highest BCUT2D eigenvalue weighted by molar-refractivity contribution is 5.78. The minimum atomic E-state index is 0.277. The van der Waals surface area contributed by atoms with Crippen LogP contribution in [0.5, 0.6) is 17.4 Å². The van der Waals surface area contributed by atoms with Crippen LogP contribution in [0.4, 0.5) is 0 Å². The van der Waals surface area contributed by atoms with Crippen LogP contribution in [0, 0.1) is 0 Å². The van der Waals surface area contributed by atoms with Gasteiger partial charge in [0.15, 0.2) is 17.8 Å². The van der Waals surface area contributed by atoms with Gasteiger partial charge in [0, 0.05) is 6.20 Å². The Kier molecular flexibility index (Phi) is 3.91. The van der Waals surface area contributed by atoms with Crippen molar-refractivity contribution in [3.05, 3.63) is 48.2 Å². The van der Waals surface area contributed by atoms with Crippen molar-refractivity contribution in [2.75, 3.05) is 6.61 Å². The van der Waals surface area contributed by atoms with Crippen LogP contribution in [-0.2, 0) is 0 Å². The van der Waals surface area contributed by atoms with Gasteiger partial charge in [0.25, 0.3) is 0 Å². The molecule has 0 aliphatic rings. The van der Waals surface area contributed by atoms with E-state index in [0.29, 0.717) is 30.0 Å². The fourth-order valence-corrected chi connectivity index (χ4v) is 1.49. The zero-order valence-electron chi connectivity index (χ0n) is 10.00. The van der Waals surface area contributed by atoms with Gasteiger partial charge in [0.2, 0.25) is 5.88 Å². The van der Waals surface area contributed by atoms with Crippen LogP contribution in [0.25, 0.3) is 0 Å². The molecule has 2 rings (SSSR count). The van der Waals surface area contributed by atoms with Gasteiger partial charge in [-0.15, -0.1) is 0 Å². The molecular weight excluding hydrogens is 230 g/mol. The monoisotopic (exact) mass is 243 g/mol. The van der Waals surface area contributed by atoms with E-state index in [4.69, 9.17) is 9.47 Å². The van der Waals surface area contributed by atoms with Gasteiger partial charge in [-0.2, -0.15) is 0 Å². The number of aromatic nitrogens is 1. The van der Waals surface area contributed by atoms with Gasteiger partial charge in [-0.05, 0) is 31.2 Å². The van der Waals surface area contributed by atoms with Crippen molar-refractivity contribution in [3.8, 4) is 17.4 Å². The fourth-order valence-electron chi connectivity index (χ4n) is 1.49. The van der Waals surface area contributed by atoms with Gasteiger partial charge in [-0.25, -0.2) is 4.98 Å². The minimum Gasteiger partial charge on any atom is -0.490 e. The zero-order chi connectivity index (χ0) is 12.8. The molecule has 1 aromatic heterocycles. The molecule has 18 heavy (non-hydrogen) atoms. The fraction of sp³-hybridized carbons (Fsp3) is 0.143. The maximum absolute atomic E-state index is 10.9. The number of hydrogen-bond donors (Lipinski definition) is 0. The zero-order valence-corrected chi connectivity index (χ0v) is 10.00. The molecule has 0 saturated heterocycles. The highest BCUT2D eigenvalue weighted by Crippen LogP contribution is 2.31. The van der Waals surface area contributed by atoms with Crippen molar-refractivity contribution in [3.63, 3.8) is 0 Å². The largest absolute Gasteiger partial charge is 0.490 e. The Morgan fingerprint density at radius 1 is 1.17 bits per heavy atom. The smallest absolute Gasteiger partial charge is 0.229 e. The first-order valence-electron chi connectivity index (χ1n) is 5.65. The van der Waals surface area contributed by atoms with Crippen molar-refractivity contribution in [2.45, 2.75) is 6.92 Å². The number of rotatable bonds is 5. The molecule has 0 spiro atoms. The van der Waals surface area contributed by atoms with Crippen molar-refractivity contribution < 1.29 is 14.3 Å². The molecule has 4 nitrogen and oxygen atoms in total. The summed E-state index contributed by atoms with van der Waals surface area (Å²) in [5.74, 6) is 1.45. The molecule has 1 aromatic carbocycles. The maximum atomic E-state index is 10.9. The third kappa shape index (κ3) is 2.66. The third-order valence-electron chi connectivity index (χ3n) is 2.28. The van der Waals surface area contributed by atoms with Gasteiger partial charge in [0.1, 0.15) is 0 Å². The molecule has 2 aromatic rings. The van der Waals surface area contributed by atoms with Crippen molar-refractivity contribution in [1.29, 1.82) is 0 Å². The van der Waals surface area contributed by atoms with E-state index in [1.54, 1.807) is 24.4 Å². The number of carbonyl (C=O) groups is 1. The lowest BCUT2D eigenvalue weighted by Crippen LogP contribution is -1.97. The molecule has 1 heterocycles. The SMILES string of the molecule is CCOc1ccccc1Oc1ncccc1C=O. The highest BCUT2D eigenvalue weighted by atomic mass is 16.5. The second-order valence-corrected chi connectivity index (χ2v) is 3.50. The number of benzene rings is 1. The standard InChI is InChI=1S/C14H13NO3/c1-2-17-12-7-3-4-8-13(12)18-14-11(10-16)6-5-9-15-14/h3-10H,2H2,1H3. The van der Waals surface area contributed by atoms with Crippen LogP contribution in [-0.4, -0.2) is 17.9 Å². The lowest BCUT2D eigenvalue weighted by Gasteiger charge is -2.11. The topological polar surface area (TPSA) is 48.4 Å². The summed E-state index contributed by atoms with van der Waals surface area (Å²) in [7, 11) is 0. The first kappa shape index (κ1) is 12.1. The molecule has 92 valence electrons. The Morgan fingerprint density at radius 2 is 1.94 bits per heavy atom. The number of pyridine rings is 1. The van der Waals surface area contributed by atoms with Gasteiger partial charge in [0.05, 0.1) is 12.2 Å². The summed E-state index contributed by atoms with van der Waals surface area (Å²) in [5, 5.41) is 0. The number of nitrogens with zero attached hydrogens (tertiary/aromatic N) is 1. The predicted octanol–water partition coefficient (Wildman–Crippen LogP) is 3.09. The lowest BCUT2D eigenvalue weighted by molar-refractivity contribution is 0.112. The molecule has 0 fully saturated rings. The Labute approximate surface area is 105 Å². The van der Waals surface area contributed by atoms with Crippen LogP contribution in [0.15, 0.2) is 42.6 Å². The molecule has 0 radical (unpaired) electrons. The van der Waals surface area contributed by atoms with Crippen molar-refractivity contribution in [2.24, 2.45) is 0 Å². The Bertz CT molecular complexity index is 540. The molecule has 0 unspecified atom stereocenters. The minimum absolute atomic E-state index is 0.277. The molecule has 0 aliphatic heterocycles. The molecule has 0 bridgehead atoms. The summed E-state index contributed by atoms with van der Waals surface area (Å²) in [4.78, 5) is 14.9. The number of ether oxygens (including phenoxy) is 2. The normalized spacial score (nSPS) is 9.83. The Hall–Kier alpha value is -2.36. The summed E-state index contributed by atoms with van der Waals surface area (Å²) >= 11 is 0. The highest BCUT2D eigenvalue weighted by Gasteiger charge is 2.09. The molecule has 0 N–H and O–H groups in total. The molecule has 4 heteroatoms. The van der Waals surface area contributed by atoms with E-state index < -0.39 is 0 Å². The van der Waals surface area contributed by atoms with E-state index in [9.17, 15) is 4.79 Å². The third-order valence-corrected chi connectivity index (χ3v) is 2.28. The molecular formula is C14H13NO3. The van der Waals surface area contributed by atoms with Crippen molar-refractivity contribution in [1.82, 2.24) is 4.98 Å². The van der Waals surface area contributed by atoms with E-state index in [0.717, 1.165) is 0 Å². The van der Waals surface area contributed by atoms with Crippen LogP contribution < -0.4 is 9.47 Å². The van der Waals surface area contributed by atoms with Crippen LogP contribution in [0.1, 0.15) is 17.3 Å². The lowest BCUT2D eigenvalue weighted by atomic mass is 10.3. The number of carbonyl (C=O) groups excluding carboxylic acids is 1. The van der Waals surface area contributed by atoms with E-state index in [2.05, 4.69) is 4.98 Å². The summed E-state index contributed by atoms with van der Waals surface area (Å²) in [6, 6.07) is 10.6. The van der Waals surface area contributed by atoms with Crippen LogP contribution in [0.2, 0.25) is 0 Å². The van der Waals surface area contributed by atoms with Gasteiger partial charge < -0.3 is 9.47 Å². The van der Waals surface area contributed by atoms with Gasteiger partial charge in [-0.3, -0.25) is 4.79 Å². The second kappa shape index (κ2) is 5.82. The number of hydrogen-bond acceptors (Lipinski definition) is 4. The second-order valence-electron chi connectivity index (χ2n) is 3.50. The molecule has 0 amide bonds. The molecule has 0 saturated carbocycles. The number of aldehydes is 1. The Morgan fingerprint density at radius 3 is 2.67 bits per heavy atom. The average Bonchev–Trinajstić information content (AvgIpc) is 2.42. The summed E-state index contributed by atoms with van der Waals surface area (Å²) in [5.41, 5.74) is 0.406. The van der Waals surface area contributed by atoms with Gasteiger partial charge >= 0.3 is 0 Å². The van der Waals surface area contributed by atoms with Crippen LogP contribution in [0.3, 0.4) is 0 Å². The Balaban J connectivity index is 2.31. The predicted molar refractivity (Wildman–Crippen MR) is 67.3 cm³/mol. The number of para-hydroxylation sites is 2. The van der Waals surface area contributed by atoms with E-state index in [1.807, 2.05) is 25.1 Å². The average molecular weight is 243 g/mol. The maximum Gasteiger partial charge on any atom is 0.229 e. The molecule has 0 aliphatic carbocycles. The summed E-state index contributed by atoms with van der Waals surface area (Å²) in [6.07, 6.45) is 2.29. The van der Waals surface area contributed by atoms with E-state index in [1.165, 1.54) is 0 Å². The summed E-state index contributed by atoms with van der Waals surface area (Å²) in [6.45, 7) is 2.44. The van der Waals surface area contributed by atoms with Gasteiger partial charge in [-0.1, -0.05) is 12.1 Å². The van der Waals surface area contributed by atoms with Crippen molar-refractivity contribution >= 4 is 6.29 Å². The first-order valence-corrected chi connectivity index (χ1v) is 5.65. The summed E-state index contributed by atoms with van der Waals surface area (Å²) < 4.78 is 11.1.